The smallest absolute Gasteiger partial charge is 0.270 e. The highest BCUT2D eigenvalue weighted by molar-refractivity contribution is 7.98. The molecule has 0 saturated carbocycles. The first-order chi connectivity index (χ1) is 9.54. The number of nitrogens with zero attached hydrogens (tertiary/aromatic N) is 3. The van der Waals surface area contributed by atoms with Crippen LogP contribution in [-0.2, 0) is 12.3 Å². The van der Waals surface area contributed by atoms with Crippen LogP contribution in [0.25, 0.3) is 0 Å². The lowest BCUT2D eigenvalue weighted by atomic mass is 10.2. The molecule has 2 aromatic rings. The van der Waals surface area contributed by atoms with Crippen LogP contribution in [0.15, 0.2) is 28.2 Å². The van der Waals surface area contributed by atoms with Crippen LogP contribution in [0, 0.1) is 15.9 Å². The largest absolute Gasteiger partial charge is 0.343 e. The molecule has 0 fully saturated rings. The average Bonchev–Trinajstić information content (AvgIpc) is 2.77. The monoisotopic (exact) mass is 298 g/mol. The molecule has 0 saturated heterocycles. The Bertz CT molecular complexity index is 697. The van der Waals surface area contributed by atoms with Gasteiger partial charge in [-0.15, -0.1) is 5.10 Å². The van der Waals surface area contributed by atoms with Gasteiger partial charge in [0.1, 0.15) is 0 Å². The van der Waals surface area contributed by atoms with Crippen LogP contribution in [0.5, 0.6) is 0 Å². The zero-order chi connectivity index (χ0) is 14.7. The SMILES string of the molecule is CCn1c(SCc2cccc([N+](=O)[O-])c2F)n[nH]c1=O. The third-order valence-electron chi connectivity index (χ3n) is 2.65. The molecule has 106 valence electrons. The van der Waals surface area contributed by atoms with E-state index in [0.29, 0.717) is 11.7 Å². The van der Waals surface area contributed by atoms with E-state index in [9.17, 15) is 19.3 Å². The molecular formula is C11H11FN4O3S. The molecule has 0 aliphatic carbocycles. The van der Waals surface area contributed by atoms with Gasteiger partial charge < -0.3 is 0 Å². The number of aromatic nitrogens is 3. The predicted octanol–water partition coefficient (Wildman–Crippen LogP) is 1.93. The number of nitrogens with one attached hydrogen (secondary N) is 1. The number of aromatic amines is 1. The minimum absolute atomic E-state index is 0.151. The van der Waals surface area contributed by atoms with Gasteiger partial charge in [-0.05, 0) is 6.92 Å². The fourth-order valence-corrected chi connectivity index (χ4v) is 2.64. The van der Waals surface area contributed by atoms with Crippen LogP contribution in [0.1, 0.15) is 12.5 Å². The summed E-state index contributed by atoms with van der Waals surface area (Å²) in [5.74, 6) is -0.705. The van der Waals surface area contributed by atoms with Crippen LogP contribution in [0.2, 0.25) is 0 Å². The lowest BCUT2D eigenvalue weighted by Crippen LogP contribution is -2.16. The van der Waals surface area contributed by atoms with Crippen molar-refractivity contribution in [1.82, 2.24) is 14.8 Å². The lowest BCUT2D eigenvalue weighted by molar-refractivity contribution is -0.387. The molecule has 2 rings (SSSR count). The molecule has 1 heterocycles. The van der Waals surface area contributed by atoms with Crippen molar-refractivity contribution >= 4 is 17.4 Å². The van der Waals surface area contributed by atoms with Crippen LogP contribution < -0.4 is 5.69 Å². The minimum Gasteiger partial charge on any atom is -0.270 e. The van der Waals surface area contributed by atoms with Gasteiger partial charge in [0, 0.05) is 23.9 Å². The van der Waals surface area contributed by atoms with Crippen molar-refractivity contribution in [3.8, 4) is 0 Å². The fraction of sp³-hybridized carbons (Fsp3) is 0.273. The summed E-state index contributed by atoms with van der Waals surface area (Å²) in [6.07, 6.45) is 0. The van der Waals surface area contributed by atoms with Gasteiger partial charge in [0.05, 0.1) is 4.92 Å². The predicted molar refractivity (Wildman–Crippen MR) is 71.1 cm³/mol. The van der Waals surface area contributed by atoms with E-state index < -0.39 is 16.4 Å². The molecule has 1 N–H and O–H groups in total. The van der Waals surface area contributed by atoms with Crippen molar-refractivity contribution < 1.29 is 9.31 Å². The van der Waals surface area contributed by atoms with Crippen LogP contribution in [0.4, 0.5) is 10.1 Å². The summed E-state index contributed by atoms with van der Waals surface area (Å²) in [7, 11) is 0. The summed E-state index contributed by atoms with van der Waals surface area (Å²) in [6.45, 7) is 2.23. The van der Waals surface area contributed by atoms with Crippen LogP contribution in [-0.4, -0.2) is 19.7 Å². The number of hydrogen-bond donors (Lipinski definition) is 1. The van der Waals surface area contributed by atoms with Crippen molar-refractivity contribution in [2.24, 2.45) is 0 Å². The summed E-state index contributed by atoms with van der Waals surface area (Å²) in [5, 5.41) is 17.2. The second kappa shape index (κ2) is 5.87. The Morgan fingerprint density at radius 3 is 2.95 bits per heavy atom. The van der Waals surface area contributed by atoms with Gasteiger partial charge in [-0.1, -0.05) is 23.9 Å². The molecule has 20 heavy (non-hydrogen) atoms. The topological polar surface area (TPSA) is 93.8 Å². The Kier molecular flexibility index (Phi) is 4.18. The first kappa shape index (κ1) is 14.3. The molecule has 0 atom stereocenters. The van der Waals surface area contributed by atoms with E-state index >= 15 is 0 Å². The van der Waals surface area contributed by atoms with Gasteiger partial charge in [0.2, 0.25) is 5.82 Å². The Morgan fingerprint density at radius 1 is 1.55 bits per heavy atom. The molecule has 7 nitrogen and oxygen atoms in total. The second-order valence-corrected chi connectivity index (χ2v) is 4.79. The van der Waals surface area contributed by atoms with E-state index in [2.05, 4.69) is 10.2 Å². The van der Waals surface area contributed by atoms with Crippen molar-refractivity contribution in [3.05, 3.63) is 50.2 Å². The number of thioether (sulfide) groups is 1. The minimum atomic E-state index is -0.856. The van der Waals surface area contributed by atoms with Crippen LogP contribution >= 0.6 is 11.8 Å². The standard InChI is InChI=1S/C11H11FN4O3S/c1-2-15-10(17)13-14-11(15)20-6-7-4-3-5-8(9(7)12)16(18)19/h3-5H,2,6H2,1H3,(H,13,17). The molecule has 0 aliphatic rings. The maximum absolute atomic E-state index is 13.9. The summed E-state index contributed by atoms with van der Waals surface area (Å²) in [5.41, 5.74) is -0.699. The van der Waals surface area contributed by atoms with E-state index in [1.807, 2.05) is 0 Å². The molecule has 0 spiro atoms. The molecule has 0 amide bonds. The molecule has 0 aliphatic heterocycles. The first-order valence-corrected chi connectivity index (χ1v) is 6.73. The molecule has 1 aromatic heterocycles. The van der Waals surface area contributed by atoms with Gasteiger partial charge >= 0.3 is 11.4 Å². The van der Waals surface area contributed by atoms with Gasteiger partial charge in [0.25, 0.3) is 0 Å². The van der Waals surface area contributed by atoms with E-state index in [4.69, 9.17) is 0 Å². The zero-order valence-electron chi connectivity index (χ0n) is 10.5. The Balaban J connectivity index is 2.21. The fourth-order valence-electron chi connectivity index (χ4n) is 1.65. The summed E-state index contributed by atoms with van der Waals surface area (Å²) in [6, 6.07) is 4.00. The summed E-state index contributed by atoms with van der Waals surface area (Å²) >= 11 is 1.14. The highest BCUT2D eigenvalue weighted by Crippen LogP contribution is 2.26. The number of nitro benzene ring substituents is 1. The van der Waals surface area contributed by atoms with Crippen molar-refractivity contribution in [2.45, 2.75) is 24.4 Å². The van der Waals surface area contributed by atoms with E-state index in [0.717, 1.165) is 17.8 Å². The molecule has 9 heteroatoms. The number of benzene rings is 1. The number of nitro groups is 1. The molecule has 1 aromatic carbocycles. The van der Waals surface area contributed by atoms with Gasteiger partial charge in [-0.25, -0.2) is 9.89 Å². The maximum atomic E-state index is 13.9. The Morgan fingerprint density at radius 2 is 2.30 bits per heavy atom. The van der Waals surface area contributed by atoms with Gasteiger partial charge in [0.15, 0.2) is 5.16 Å². The third-order valence-corrected chi connectivity index (χ3v) is 3.68. The average molecular weight is 298 g/mol. The quantitative estimate of drug-likeness (QED) is 0.517. The summed E-state index contributed by atoms with van der Waals surface area (Å²) < 4.78 is 15.3. The molecule has 0 unspecified atom stereocenters. The first-order valence-electron chi connectivity index (χ1n) is 5.74. The van der Waals surface area contributed by atoms with Crippen LogP contribution in [0.3, 0.4) is 0 Å². The normalized spacial score (nSPS) is 10.7. The summed E-state index contributed by atoms with van der Waals surface area (Å²) in [4.78, 5) is 21.2. The lowest BCUT2D eigenvalue weighted by Gasteiger charge is -2.04. The van der Waals surface area contributed by atoms with E-state index in [1.54, 1.807) is 6.92 Å². The second-order valence-electron chi connectivity index (χ2n) is 3.85. The molecule has 0 bridgehead atoms. The third kappa shape index (κ3) is 2.72. The van der Waals surface area contributed by atoms with E-state index in [1.165, 1.54) is 16.7 Å². The van der Waals surface area contributed by atoms with Gasteiger partial charge in [-0.3, -0.25) is 14.7 Å². The molecular weight excluding hydrogens is 287 g/mol. The number of hydrogen-bond acceptors (Lipinski definition) is 5. The molecule has 0 radical (unpaired) electrons. The zero-order valence-corrected chi connectivity index (χ0v) is 11.3. The Hall–Kier alpha value is -2.16. The van der Waals surface area contributed by atoms with Crippen molar-refractivity contribution in [2.75, 3.05) is 0 Å². The number of H-pyrrole nitrogens is 1. The van der Waals surface area contributed by atoms with Crippen molar-refractivity contribution in [1.29, 1.82) is 0 Å². The number of rotatable bonds is 5. The highest BCUT2D eigenvalue weighted by atomic mass is 32.2. The van der Waals surface area contributed by atoms with Crippen molar-refractivity contribution in [3.63, 3.8) is 0 Å². The highest BCUT2D eigenvalue weighted by Gasteiger charge is 2.18. The van der Waals surface area contributed by atoms with E-state index in [-0.39, 0.29) is 17.0 Å². The van der Waals surface area contributed by atoms with Gasteiger partial charge in [-0.2, -0.15) is 4.39 Å². The Labute approximate surface area is 117 Å². The maximum Gasteiger partial charge on any atom is 0.343 e. The number of halogens is 1.